The van der Waals surface area contributed by atoms with E-state index >= 15 is 0 Å². The summed E-state index contributed by atoms with van der Waals surface area (Å²) in [5.74, 6) is 0.745. The molecule has 1 aromatic heterocycles. The normalized spacial score (nSPS) is 11.1. The summed E-state index contributed by atoms with van der Waals surface area (Å²) in [7, 11) is 1.56. The maximum absolute atomic E-state index is 9.73. The van der Waals surface area contributed by atoms with Crippen molar-refractivity contribution in [2.75, 3.05) is 12.5 Å². The maximum atomic E-state index is 9.73. The fourth-order valence-electron chi connectivity index (χ4n) is 1.84. The number of rotatable bonds is 4. The zero-order valence-electron chi connectivity index (χ0n) is 11.3. The lowest BCUT2D eigenvalue weighted by atomic mass is 10.2. The Morgan fingerprint density at radius 1 is 1.29 bits per heavy atom. The van der Waals surface area contributed by atoms with Crippen LogP contribution in [0.15, 0.2) is 52.0 Å². The average molecular weight is 283 g/mol. The number of anilines is 1. The standard InChI is InChI=1S/C15H13N3O3/c1-20-11-6-7-13(19)10(8-11)9-16-18-15-17-12-4-2-3-5-14(12)21-15/h2-9,19H,1H3,(H,17,18). The average Bonchev–Trinajstić information content (AvgIpc) is 2.92. The summed E-state index contributed by atoms with van der Waals surface area (Å²) in [4.78, 5) is 4.22. The summed E-state index contributed by atoms with van der Waals surface area (Å²) in [5.41, 5.74) is 4.64. The smallest absolute Gasteiger partial charge is 0.316 e. The van der Waals surface area contributed by atoms with E-state index < -0.39 is 0 Å². The van der Waals surface area contributed by atoms with Crippen LogP contribution >= 0.6 is 0 Å². The molecule has 3 aromatic rings. The number of phenolic OH excluding ortho intramolecular Hbond substituents is 1. The molecule has 0 saturated carbocycles. The Bertz CT molecular complexity index is 763. The van der Waals surface area contributed by atoms with Gasteiger partial charge < -0.3 is 14.3 Å². The van der Waals surface area contributed by atoms with Crippen molar-refractivity contribution in [3.63, 3.8) is 0 Å². The predicted molar refractivity (Wildman–Crippen MR) is 79.9 cm³/mol. The molecule has 2 N–H and O–H groups in total. The second-order valence-electron chi connectivity index (χ2n) is 4.28. The predicted octanol–water partition coefficient (Wildman–Crippen LogP) is 2.99. The summed E-state index contributed by atoms with van der Waals surface area (Å²) >= 11 is 0. The molecule has 0 atom stereocenters. The maximum Gasteiger partial charge on any atom is 0.316 e. The quantitative estimate of drug-likeness (QED) is 0.568. The number of fused-ring (bicyclic) bond motifs is 1. The lowest BCUT2D eigenvalue weighted by Gasteiger charge is -2.02. The highest BCUT2D eigenvalue weighted by Gasteiger charge is 2.03. The number of methoxy groups -OCH3 is 1. The van der Waals surface area contributed by atoms with Crippen LogP contribution in [0.4, 0.5) is 6.01 Å². The Morgan fingerprint density at radius 3 is 2.95 bits per heavy atom. The molecule has 6 heteroatoms. The largest absolute Gasteiger partial charge is 0.507 e. The van der Waals surface area contributed by atoms with Crippen molar-refractivity contribution in [3.8, 4) is 11.5 Å². The van der Waals surface area contributed by atoms with E-state index in [0.29, 0.717) is 16.9 Å². The molecule has 0 bridgehead atoms. The fourth-order valence-corrected chi connectivity index (χ4v) is 1.84. The highest BCUT2D eigenvalue weighted by molar-refractivity contribution is 5.84. The van der Waals surface area contributed by atoms with Crippen LogP contribution in [0.3, 0.4) is 0 Å². The fraction of sp³-hybridized carbons (Fsp3) is 0.0667. The molecule has 0 fully saturated rings. The molecule has 2 aromatic carbocycles. The molecule has 106 valence electrons. The summed E-state index contributed by atoms with van der Waals surface area (Å²) in [5, 5.41) is 13.7. The van der Waals surface area contributed by atoms with Gasteiger partial charge in [-0.15, -0.1) is 0 Å². The Hall–Kier alpha value is -3.02. The number of benzene rings is 2. The van der Waals surface area contributed by atoms with Crippen molar-refractivity contribution < 1.29 is 14.3 Å². The molecule has 6 nitrogen and oxygen atoms in total. The van der Waals surface area contributed by atoms with Crippen LogP contribution in [0.1, 0.15) is 5.56 Å². The van der Waals surface area contributed by atoms with E-state index in [2.05, 4.69) is 15.5 Å². The van der Waals surface area contributed by atoms with Crippen LogP contribution in [-0.4, -0.2) is 23.4 Å². The van der Waals surface area contributed by atoms with Gasteiger partial charge in [0, 0.05) is 5.56 Å². The molecule has 0 amide bonds. The molecule has 0 saturated heterocycles. The molecule has 1 heterocycles. The molecule has 0 aliphatic carbocycles. The molecule has 0 aliphatic rings. The van der Waals surface area contributed by atoms with Gasteiger partial charge in [-0.25, -0.2) is 5.43 Å². The Labute approximate surface area is 120 Å². The number of phenols is 1. The molecule has 3 rings (SSSR count). The summed E-state index contributed by atoms with van der Waals surface area (Å²) in [6.45, 7) is 0. The number of nitrogens with one attached hydrogen (secondary N) is 1. The van der Waals surface area contributed by atoms with Crippen molar-refractivity contribution >= 4 is 23.3 Å². The van der Waals surface area contributed by atoms with Gasteiger partial charge in [0.2, 0.25) is 0 Å². The number of hydrogen-bond donors (Lipinski definition) is 2. The Balaban J connectivity index is 1.77. The topological polar surface area (TPSA) is 79.9 Å². The highest BCUT2D eigenvalue weighted by atomic mass is 16.5. The first-order valence-electron chi connectivity index (χ1n) is 6.28. The van der Waals surface area contributed by atoms with Gasteiger partial charge in [0.15, 0.2) is 5.58 Å². The SMILES string of the molecule is COc1ccc(O)c(C=NNc2nc3ccccc3o2)c1. The third kappa shape index (κ3) is 2.79. The monoisotopic (exact) mass is 283 g/mol. The van der Waals surface area contributed by atoms with Crippen LogP contribution in [-0.2, 0) is 0 Å². The van der Waals surface area contributed by atoms with Gasteiger partial charge in [0.25, 0.3) is 0 Å². The van der Waals surface area contributed by atoms with Gasteiger partial charge in [-0.05, 0) is 30.3 Å². The number of oxazole rings is 1. The van der Waals surface area contributed by atoms with Crippen molar-refractivity contribution in [2.45, 2.75) is 0 Å². The molecule has 0 aliphatic heterocycles. The molecule has 0 unspecified atom stereocenters. The molecule has 0 spiro atoms. The minimum absolute atomic E-state index is 0.110. The second-order valence-corrected chi connectivity index (χ2v) is 4.28. The minimum atomic E-state index is 0.110. The van der Waals surface area contributed by atoms with Gasteiger partial charge in [0.05, 0.1) is 13.3 Å². The second kappa shape index (κ2) is 5.54. The van der Waals surface area contributed by atoms with Crippen LogP contribution in [0.2, 0.25) is 0 Å². The highest BCUT2D eigenvalue weighted by Crippen LogP contribution is 2.21. The van der Waals surface area contributed by atoms with Gasteiger partial charge >= 0.3 is 6.01 Å². The van der Waals surface area contributed by atoms with Crippen LogP contribution in [0.25, 0.3) is 11.1 Å². The van der Waals surface area contributed by atoms with E-state index in [0.717, 1.165) is 5.52 Å². The number of aromatic hydroxyl groups is 1. The zero-order chi connectivity index (χ0) is 14.7. The van der Waals surface area contributed by atoms with E-state index in [1.165, 1.54) is 6.21 Å². The van der Waals surface area contributed by atoms with Crippen molar-refractivity contribution in [1.82, 2.24) is 4.98 Å². The lowest BCUT2D eigenvalue weighted by molar-refractivity contribution is 0.412. The first-order chi connectivity index (χ1) is 10.3. The van der Waals surface area contributed by atoms with Crippen molar-refractivity contribution in [1.29, 1.82) is 0 Å². The first-order valence-corrected chi connectivity index (χ1v) is 6.28. The van der Waals surface area contributed by atoms with E-state index in [1.807, 2.05) is 24.3 Å². The van der Waals surface area contributed by atoms with Crippen molar-refractivity contribution in [3.05, 3.63) is 48.0 Å². The van der Waals surface area contributed by atoms with Crippen LogP contribution in [0, 0.1) is 0 Å². The zero-order valence-corrected chi connectivity index (χ0v) is 11.3. The minimum Gasteiger partial charge on any atom is -0.507 e. The number of para-hydroxylation sites is 2. The Kier molecular flexibility index (Phi) is 3.42. The summed E-state index contributed by atoms with van der Waals surface area (Å²) < 4.78 is 10.5. The summed E-state index contributed by atoms with van der Waals surface area (Å²) in [6.07, 6.45) is 1.46. The number of ether oxygens (including phenoxy) is 1. The van der Waals surface area contributed by atoms with Gasteiger partial charge in [-0.1, -0.05) is 12.1 Å². The third-order valence-electron chi connectivity index (χ3n) is 2.89. The number of aromatic nitrogens is 1. The van der Waals surface area contributed by atoms with E-state index in [1.54, 1.807) is 25.3 Å². The van der Waals surface area contributed by atoms with E-state index in [-0.39, 0.29) is 11.8 Å². The number of nitrogens with zero attached hydrogens (tertiary/aromatic N) is 2. The van der Waals surface area contributed by atoms with E-state index in [4.69, 9.17) is 9.15 Å². The molecular formula is C15H13N3O3. The molecular weight excluding hydrogens is 270 g/mol. The first kappa shape index (κ1) is 13.0. The molecule has 0 radical (unpaired) electrons. The van der Waals surface area contributed by atoms with Crippen molar-refractivity contribution in [2.24, 2.45) is 5.10 Å². The van der Waals surface area contributed by atoms with Crippen LogP contribution < -0.4 is 10.2 Å². The van der Waals surface area contributed by atoms with Gasteiger partial charge in [-0.3, -0.25) is 0 Å². The molecule has 21 heavy (non-hydrogen) atoms. The number of hydrogen-bond acceptors (Lipinski definition) is 6. The summed E-state index contributed by atoms with van der Waals surface area (Å²) in [6, 6.07) is 12.6. The third-order valence-corrected chi connectivity index (χ3v) is 2.89. The lowest BCUT2D eigenvalue weighted by Crippen LogP contribution is -1.92. The van der Waals surface area contributed by atoms with Gasteiger partial charge in [0.1, 0.15) is 17.0 Å². The van der Waals surface area contributed by atoms with Crippen LogP contribution in [0.5, 0.6) is 11.5 Å². The van der Waals surface area contributed by atoms with E-state index in [9.17, 15) is 5.11 Å². The Morgan fingerprint density at radius 2 is 2.14 bits per heavy atom. The number of hydrazone groups is 1. The van der Waals surface area contributed by atoms with Gasteiger partial charge in [-0.2, -0.15) is 10.1 Å².